The monoisotopic (exact) mass is 240 g/mol. The van der Waals surface area contributed by atoms with Crippen molar-refractivity contribution < 1.29 is 0 Å². The van der Waals surface area contributed by atoms with Crippen molar-refractivity contribution in [2.45, 2.75) is 39.7 Å². The molecule has 1 aliphatic carbocycles. The molecule has 0 spiro atoms. The average molecular weight is 240 g/mol. The highest BCUT2D eigenvalue weighted by Gasteiger charge is 2.18. The second-order valence-corrected chi connectivity index (χ2v) is 5.17. The zero-order chi connectivity index (χ0) is 12.5. The van der Waals surface area contributed by atoms with Crippen molar-refractivity contribution >= 4 is 10.9 Å². The van der Waals surface area contributed by atoms with Crippen LogP contribution in [0.4, 0.5) is 0 Å². The zero-order valence-electron chi connectivity index (χ0n) is 11.2. The van der Waals surface area contributed by atoms with Crippen LogP contribution in [0.2, 0.25) is 0 Å². The summed E-state index contributed by atoms with van der Waals surface area (Å²) in [4.78, 5) is 4.84. The predicted octanol–water partition coefficient (Wildman–Crippen LogP) is 3.14. The highest BCUT2D eigenvalue weighted by Crippen LogP contribution is 2.30. The van der Waals surface area contributed by atoms with E-state index in [1.165, 1.54) is 40.6 Å². The van der Waals surface area contributed by atoms with Crippen molar-refractivity contribution in [1.29, 1.82) is 0 Å². The molecule has 1 heterocycles. The van der Waals surface area contributed by atoms with Crippen LogP contribution in [0.15, 0.2) is 18.2 Å². The third kappa shape index (κ3) is 1.91. The van der Waals surface area contributed by atoms with Gasteiger partial charge in [-0.1, -0.05) is 18.6 Å². The molecule has 2 heteroatoms. The van der Waals surface area contributed by atoms with E-state index < -0.39 is 0 Å². The number of pyridine rings is 1. The molecule has 0 radical (unpaired) electrons. The summed E-state index contributed by atoms with van der Waals surface area (Å²) in [7, 11) is 0. The highest BCUT2D eigenvalue weighted by atomic mass is 14.8. The first-order valence-electron chi connectivity index (χ1n) is 6.91. The van der Waals surface area contributed by atoms with E-state index in [0.717, 1.165) is 25.0 Å². The van der Waals surface area contributed by atoms with Gasteiger partial charge in [-0.25, -0.2) is 0 Å². The highest BCUT2D eigenvalue weighted by molar-refractivity contribution is 5.84. The van der Waals surface area contributed by atoms with Crippen LogP contribution in [-0.4, -0.2) is 11.5 Å². The minimum Gasteiger partial charge on any atom is -0.313 e. The summed E-state index contributed by atoms with van der Waals surface area (Å²) in [5.74, 6) is 0. The number of fused-ring (bicyclic) bond motifs is 2. The molecule has 2 nitrogen and oxygen atoms in total. The molecular formula is C16H20N2. The van der Waals surface area contributed by atoms with Crippen molar-refractivity contribution in [3.8, 4) is 0 Å². The third-order valence-corrected chi connectivity index (χ3v) is 3.84. The van der Waals surface area contributed by atoms with Gasteiger partial charge in [-0.05, 0) is 56.0 Å². The number of aromatic nitrogens is 1. The van der Waals surface area contributed by atoms with Gasteiger partial charge in [0.05, 0.1) is 5.52 Å². The number of nitrogens with zero attached hydrogens (tertiary/aromatic N) is 1. The first-order chi connectivity index (χ1) is 8.79. The SMILES string of the molecule is CCNCc1c2c(nc3ccc(C)cc13)CCC2. The normalized spacial score (nSPS) is 14.1. The molecule has 0 saturated heterocycles. The lowest BCUT2D eigenvalue weighted by Crippen LogP contribution is -2.14. The van der Waals surface area contributed by atoms with Gasteiger partial charge in [0, 0.05) is 17.6 Å². The lowest BCUT2D eigenvalue weighted by atomic mass is 10.00. The van der Waals surface area contributed by atoms with Crippen LogP contribution >= 0.6 is 0 Å². The van der Waals surface area contributed by atoms with E-state index in [1.54, 1.807) is 0 Å². The Morgan fingerprint density at radius 1 is 1.28 bits per heavy atom. The van der Waals surface area contributed by atoms with Crippen molar-refractivity contribution in [2.75, 3.05) is 6.54 Å². The lowest BCUT2D eigenvalue weighted by Gasteiger charge is -2.13. The Hall–Kier alpha value is -1.41. The second-order valence-electron chi connectivity index (χ2n) is 5.17. The summed E-state index contributed by atoms with van der Waals surface area (Å²) in [6.07, 6.45) is 3.61. The van der Waals surface area contributed by atoms with Gasteiger partial charge in [0.1, 0.15) is 0 Å². The van der Waals surface area contributed by atoms with E-state index in [-0.39, 0.29) is 0 Å². The van der Waals surface area contributed by atoms with Gasteiger partial charge in [0.25, 0.3) is 0 Å². The Balaban J connectivity index is 2.22. The Labute approximate surface area is 108 Å². The van der Waals surface area contributed by atoms with E-state index in [4.69, 9.17) is 4.98 Å². The molecule has 0 aliphatic heterocycles. The quantitative estimate of drug-likeness (QED) is 0.891. The Morgan fingerprint density at radius 2 is 2.17 bits per heavy atom. The number of benzene rings is 1. The van der Waals surface area contributed by atoms with Gasteiger partial charge in [0.15, 0.2) is 0 Å². The van der Waals surface area contributed by atoms with Crippen molar-refractivity contribution in [3.63, 3.8) is 0 Å². The van der Waals surface area contributed by atoms with Gasteiger partial charge < -0.3 is 5.32 Å². The molecule has 94 valence electrons. The maximum absolute atomic E-state index is 4.84. The molecule has 2 aromatic rings. The minimum absolute atomic E-state index is 0.974. The molecule has 0 bridgehead atoms. The fourth-order valence-corrected chi connectivity index (χ4v) is 2.93. The summed E-state index contributed by atoms with van der Waals surface area (Å²) in [5, 5.41) is 4.82. The fraction of sp³-hybridized carbons (Fsp3) is 0.438. The van der Waals surface area contributed by atoms with Crippen LogP contribution in [0.3, 0.4) is 0 Å². The Bertz CT molecular complexity index is 587. The topological polar surface area (TPSA) is 24.9 Å². The maximum Gasteiger partial charge on any atom is 0.0708 e. The smallest absolute Gasteiger partial charge is 0.0708 e. The average Bonchev–Trinajstić information content (AvgIpc) is 2.82. The second kappa shape index (κ2) is 4.69. The number of aryl methyl sites for hydroxylation is 2. The first-order valence-corrected chi connectivity index (χ1v) is 6.91. The van der Waals surface area contributed by atoms with Crippen LogP contribution in [0.1, 0.15) is 35.7 Å². The molecule has 0 saturated carbocycles. The number of rotatable bonds is 3. The van der Waals surface area contributed by atoms with Gasteiger partial charge >= 0.3 is 0 Å². The van der Waals surface area contributed by atoms with E-state index in [9.17, 15) is 0 Å². The Kier molecular flexibility index (Phi) is 3.04. The van der Waals surface area contributed by atoms with Crippen LogP contribution < -0.4 is 5.32 Å². The summed E-state index contributed by atoms with van der Waals surface area (Å²) in [5.41, 5.74) is 6.81. The Morgan fingerprint density at radius 3 is 3.00 bits per heavy atom. The largest absolute Gasteiger partial charge is 0.313 e. The van der Waals surface area contributed by atoms with Crippen LogP contribution in [-0.2, 0) is 19.4 Å². The van der Waals surface area contributed by atoms with Gasteiger partial charge in [-0.3, -0.25) is 4.98 Å². The lowest BCUT2D eigenvalue weighted by molar-refractivity contribution is 0.724. The third-order valence-electron chi connectivity index (χ3n) is 3.84. The van der Waals surface area contributed by atoms with E-state index in [1.807, 2.05) is 0 Å². The van der Waals surface area contributed by atoms with Crippen LogP contribution in [0, 0.1) is 6.92 Å². The molecule has 1 aliphatic rings. The van der Waals surface area contributed by atoms with Gasteiger partial charge in [-0.2, -0.15) is 0 Å². The molecule has 0 amide bonds. The van der Waals surface area contributed by atoms with Crippen molar-refractivity contribution in [1.82, 2.24) is 10.3 Å². The van der Waals surface area contributed by atoms with E-state index in [2.05, 4.69) is 37.4 Å². The molecule has 18 heavy (non-hydrogen) atoms. The molecule has 0 fully saturated rings. The standard InChI is InChI=1S/C16H20N2/c1-3-17-10-14-12-5-4-6-15(12)18-16-8-7-11(2)9-13(14)16/h7-9,17H,3-6,10H2,1-2H3. The van der Waals surface area contributed by atoms with E-state index in [0.29, 0.717) is 0 Å². The summed E-state index contributed by atoms with van der Waals surface area (Å²) in [6, 6.07) is 6.61. The summed E-state index contributed by atoms with van der Waals surface area (Å²) < 4.78 is 0. The van der Waals surface area contributed by atoms with Crippen LogP contribution in [0.25, 0.3) is 10.9 Å². The molecule has 0 atom stereocenters. The summed E-state index contributed by atoms with van der Waals surface area (Å²) in [6.45, 7) is 6.31. The molecular weight excluding hydrogens is 220 g/mol. The van der Waals surface area contributed by atoms with Gasteiger partial charge in [0.2, 0.25) is 0 Å². The number of hydrogen-bond donors (Lipinski definition) is 1. The van der Waals surface area contributed by atoms with Crippen molar-refractivity contribution in [3.05, 3.63) is 40.6 Å². The molecule has 0 unspecified atom stereocenters. The first kappa shape index (κ1) is 11.7. The zero-order valence-corrected chi connectivity index (χ0v) is 11.2. The molecule has 1 aromatic carbocycles. The van der Waals surface area contributed by atoms with Crippen LogP contribution in [0.5, 0.6) is 0 Å². The minimum atomic E-state index is 0.974. The predicted molar refractivity (Wildman–Crippen MR) is 75.9 cm³/mol. The van der Waals surface area contributed by atoms with E-state index >= 15 is 0 Å². The number of hydrogen-bond acceptors (Lipinski definition) is 2. The fourth-order valence-electron chi connectivity index (χ4n) is 2.93. The molecule has 1 aromatic heterocycles. The molecule has 3 rings (SSSR count). The van der Waals surface area contributed by atoms with Crippen molar-refractivity contribution in [2.24, 2.45) is 0 Å². The number of nitrogens with one attached hydrogen (secondary N) is 1. The molecule has 1 N–H and O–H groups in total. The summed E-state index contributed by atoms with van der Waals surface area (Å²) >= 11 is 0. The van der Waals surface area contributed by atoms with Gasteiger partial charge in [-0.15, -0.1) is 0 Å². The maximum atomic E-state index is 4.84.